The van der Waals surface area contributed by atoms with Gasteiger partial charge in [0.25, 0.3) is 0 Å². The van der Waals surface area contributed by atoms with Gasteiger partial charge in [0, 0.05) is 18.6 Å². The minimum Gasteiger partial charge on any atom is -0.497 e. The lowest BCUT2D eigenvalue weighted by atomic mass is 10.2. The van der Waals surface area contributed by atoms with Gasteiger partial charge in [-0.1, -0.05) is 12.1 Å². The molecule has 6 nitrogen and oxygen atoms in total. The average Bonchev–Trinajstić information content (AvgIpc) is 3.32. The summed E-state index contributed by atoms with van der Waals surface area (Å²) >= 11 is 0. The second kappa shape index (κ2) is 7.11. The third kappa shape index (κ3) is 4.70. The molecule has 24 heavy (non-hydrogen) atoms. The maximum atomic E-state index is 12.3. The van der Waals surface area contributed by atoms with Crippen molar-refractivity contribution in [2.75, 3.05) is 25.2 Å². The average molecular weight is 352 g/mol. The summed E-state index contributed by atoms with van der Waals surface area (Å²) in [6.07, 6.45) is 2.75. The number of carbonyl (C=O) groups excluding carboxylic acids is 1. The molecule has 0 spiro atoms. The molecule has 1 saturated carbocycles. The van der Waals surface area contributed by atoms with Crippen molar-refractivity contribution in [2.45, 2.75) is 37.9 Å². The molecule has 0 bridgehead atoms. The van der Waals surface area contributed by atoms with Gasteiger partial charge in [0.1, 0.15) is 5.75 Å². The van der Waals surface area contributed by atoms with Crippen LogP contribution in [0.15, 0.2) is 24.3 Å². The molecule has 0 aromatic heterocycles. The van der Waals surface area contributed by atoms with Crippen molar-refractivity contribution in [2.24, 2.45) is 0 Å². The van der Waals surface area contributed by atoms with E-state index < -0.39 is 9.84 Å². The molecular weight excluding hydrogens is 328 g/mol. The first-order chi connectivity index (χ1) is 11.4. The minimum atomic E-state index is -2.97. The van der Waals surface area contributed by atoms with Crippen molar-refractivity contribution >= 4 is 15.7 Å². The number of hydrogen-bond donors (Lipinski definition) is 1. The Hall–Kier alpha value is -1.60. The van der Waals surface area contributed by atoms with E-state index in [1.165, 1.54) is 0 Å². The molecule has 2 aliphatic rings. The monoisotopic (exact) mass is 352 g/mol. The number of hydrogen-bond acceptors (Lipinski definition) is 5. The zero-order valence-electron chi connectivity index (χ0n) is 13.9. The molecule has 132 valence electrons. The summed E-state index contributed by atoms with van der Waals surface area (Å²) in [6, 6.07) is 8.08. The molecular formula is C17H24N2O4S. The SMILES string of the molecule is COc1ccc(CN(CC(=O)NC2CCS(=O)(=O)C2)C2CC2)cc1. The molecule has 3 rings (SSSR count). The van der Waals surface area contributed by atoms with Crippen LogP contribution in [-0.4, -0.2) is 56.5 Å². The van der Waals surface area contributed by atoms with Gasteiger partial charge in [0.15, 0.2) is 9.84 Å². The first kappa shape index (κ1) is 17.2. The molecule has 1 amide bonds. The zero-order valence-corrected chi connectivity index (χ0v) is 14.7. The van der Waals surface area contributed by atoms with Gasteiger partial charge in [-0.2, -0.15) is 0 Å². The molecule has 1 heterocycles. The van der Waals surface area contributed by atoms with Gasteiger partial charge in [-0.15, -0.1) is 0 Å². The smallest absolute Gasteiger partial charge is 0.234 e. The summed E-state index contributed by atoms with van der Waals surface area (Å²) in [7, 11) is -1.33. The fourth-order valence-corrected chi connectivity index (χ4v) is 4.76. The predicted molar refractivity (Wildman–Crippen MR) is 91.6 cm³/mol. The molecule has 2 fully saturated rings. The second-order valence-corrected chi connectivity index (χ2v) is 8.88. The molecule has 1 aliphatic heterocycles. The third-order valence-electron chi connectivity index (χ3n) is 4.55. The molecule has 0 radical (unpaired) electrons. The number of rotatable bonds is 7. The molecule has 1 N–H and O–H groups in total. The molecule has 1 aromatic rings. The number of nitrogens with one attached hydrogen (secondary N) is 1. The van der Waals surface area contributed by atoms with Crippen molar-refractivity contribution in [1.82, 2.24) is 10.2 Å². The largest absolute Gasteiger partial charge is 0.497 e. The summed E-state index contributed by atoms with van der Waals surface area (Å²) < 4.78 is 28.1. The van der Waals surface area contributed by atoms with E-state index in [9.17, 15) is 13.2 Å². The van der Waals surface area contributed by atoms with Crippen LogP contribution in [0.1, 0.15) is 24.8 Å². The van der Waals surface area contributed by atoms with Gasteiger partial charge in [-0.25, -0.2) is 8.42 Å². The first-order valence-electron chi connectivity index (χ1n) is 8.32. The van der Waals surface area contributed by atoms with E-state index in [0.29, 0.717) is 25.6 Å². The van der Waals surface area contributed by atoms with E-state index in [4.69, 9.17) is 4.74 Å². The maximum Gasteiger partial charge on any atom is 0.234 e. The summed E-state index contributed by atoms with van der Waals surface area (Å²) in [4.78, 5) is 14.4. The Morgan fingerprint density at radius 3 is 2.50 bits per heavy atom. The molecule has 1 atom stereocenters. The van der Waals surface area contributed by atoms with Crippen LogP contribution in [0.25, 0.3) is 0 Å². The number of methoxy groups -OCH3 is 1. The van der Waals surface area contributed by atoms with Crippen molar-refractivity contribution in [3.63, 3.8) is 0 Å². The van der Waals surface area contributed by atoms with Crippen LogP contribution >= 0.6 is 0 Å². The highest BCUT2D eigenvalue weighted by molar-refractivity contribution is 7.91. The first-order valence-corrected chi connectivity index (χ1v) is 10.1. The van der Waals surface area contributed by atoms with Gasteiger partial charge in [0.05, 0.1) is 25.2 Å². The zero-order chi connectivity index (χ0) is 17.2. The van der Waals surface area contributed by atoms with Gasteiger partial charge < -0.3 is 10.1 Å². The van der Waals surface area contributed by atoms with Crippen molar-refractivity contribution in [3.8, 4) is 5.75 Å². The number of amides is 1. The highest BCUT2D eigenvalue weighted by Gasteiger charge is 2.32. The van der Waals surface area contributed by atoms with E-state index in [1.807, 2.05) is 24.3 Å². The Kier molecular flexibility index (Phi) is 5.10. The normalized spacial score (nSPS) is 22.5. The minimum absolute atomic E-state index is 0.0701. The van der Waals surface area contributed by atoms with Crippen LogP contribution in [-0.2, 0) is 21.2 Å². The fourth-order valence-electron chi connectivity index (χ4n) is 3.09. The van der Waals surface area contributed by atoms with E-state index in [0.717, 1.165) is 24.2 Å². The molecule has 1 unspecified atom stereocenters. The van der Waals surface area contributed by atoms with Gasteiger partial charge in [-0.3, -0.25) is 9.69 Å². The van der Waals surface area contributed by atoms with Crippen LogP contribution in [0.5, 0.6) is 5.75 Å². The van der Waals surface area contributed by atoms with Gasteiger partial charge in [-0.05, 0) is 37.0 Å². The second-order valence-electron chi connectivity index (χ2n) is 6.65. The topological polar surface area (TPSA) is 75.7 Å². The molecule has 7 heteroatoms. The number of nitrogens with zero attached hydrogens (tertiary/aromatic N) is 1. The van der Waals surface area contributed by atoms with E-state index >= 15 is 0 Å². The molecule has 1 aliphatic carbocycles. The van der Waals surface area contributed by atoms with Crippen LogP contribution in [0.4, 0.5) is 0 Å². The quantitative estimate of drug-likeness (QED) is 0.791. The lowest BCUT2D eigenvalue weighted by molar-refractivity contribution is -0.123. The fraction of sp³-hybridized carbons (Fsp3) is 0.588. The van der Waals surface area contributed by atoms with E-state index in [2.05, 4.69) is 10.2 Å². The number of sulfone groups is 1. The van der Waals surface area contributed by atoms with E-state index in [1.54, 1.807) is 7.11 Å². The van der Waals surface area contributed by atoms with Crippen molar-refractivity contribution in [3.05, 3.63) is 29.8 Å². The Labute approximate surface area is 143 Å². The summed E-state index contributed by atoms with van der Waals surface area (Å²) in [5.41, 5.74) is 1.14. The standard InChI is InChI=1S/C17H24N2O4S/c1-23-16-6-2-13(3-7-16)10-19(15-4-5-15)11-17(20)18-14-8-9-24(21,22)12-14/h2-3,6-7,14-15H,4-5,8-12H2,1H3,(H,18,20). The highest BCUT2D eigenvalue weighted by Crippen LogP contribution is 2.28. The van der Waals surface area contributed by atoms with Gasteiger partial charge in [0.2, 0.25) is 5.91 Å². The lowest BCUT2D eigenvalue weighted by Crippen LogP contribution is -2.43. The van der Waals surface area contributed by atoms with Gasteiger partial charge >= 0.3 is 0 Å². The third-order valence-corrected chi connectivity index (χ3v) is 6.32. The van der Waals surface area contributed by atoms with Crippen LogP contribution in [0, 0.1) is 0 Å². The number of ether oxygens (including phenoxy) is 1. The predicted octanol–water partition coefficient (Wildman–Crippen LogP) is 0.963. The van der Waals surface area contributed by atoms with Crippen LogP contribution in [0.2, 0.25) is 0 Å². The highest BCUT2D eigenvalue weighted by atomic mass is 32.2. The lowest BCUT2D eigenvalue weighted by Gasteiger charge is -2.22. The van der Waals surface area contributed by atoms with Crippen LogP contribution < -0.4 is 10.1 Å². The van der Waals surface area contributed by atoms with Crippen LogP contribution in [0.3, 0.4) is 0 Å². The summed E-state index contributed by atoms with van der Waals surface area (Å²) in [5, 5.41) is 2.87. The Bertz CT molecular complexity index is 683. The number of benzene rings is 1. The van der Waals surface area contributed by atoms with Crippen molar-refractivity contribution in [1.29, 1.82) is 0 Å². The Morgan fingerprint density at radius 2 is 1.96 bits per heavy atom. The number of carbonyl (C=O) groups is 1. The molecule has 1 aromatic carbocycles. The van der Waals surface area contributed by atoms with Crippen molar-refractivity contribution < 1.29 is 17.9 Å². The molecule has 1 saturated heterocycles. The summed E-state index contributed by atoms with van der Waals surface area (Å²) in [5.74, 6) is 0.978. The summed E-state index contributed by atoms with van der Waals surface area (Å²) in [6.45, 7) is 1.03. The maximum absolute atomic E-state index is 12.3. The Balaban J connectivity index is 1.54. The Morgan fingerprint density at radius 1 is 1.25 bits per heavy atom. The van der Waals surface area contributed by atoms with E-state index in [-0.39, 0.29) is 23.5 Å².